The van der Waals surface area contributed by atoms with Crippen LogP contribution in [0.5, 0.6) is 11.5 Å². The first-order valence-electron chi connectivity index (χ1n) is 6.15. The van der Waals surface area contributed by atoms with E-state index in [9.17, 15) is 9.59 Å². The maximum absolute atomic E-state index is 11.5. The van der Waals surface area contributed by atoms with Gasteiger partial charge in [-0.2, -0.15) is 0 Å². The van der Waals surface area contributed by atoms with E-state index in [0.29, 0.717) is 29.2 Å². The van der Waals surface area contributed by atoms with Crippen molar-refractivity contribution in [3.8, 4) is 11.5 Å². The van der Waals surface area contributed by atoms with E-state index < -0.39 is 5.97 Å². The van der Waals surface area contributed by atoms with Crippen LogP contribution in [0.1, 0.15) is 29.8 Å². The first kappa shape index (κ1) is 15.8. The molecule has 1 rings (SSSR count). The number of carbonyl (C=O) groups is 2. The van der Waals surface area contributed by atoms with Crippen LogP contribution in [0.2, 0.25) is 0 Å². The lowest BCUT2D eigenvalue weighted by atomic mass is 10.1. The summed E-state index contributed by atoms with van der Waals surface area (Å²) in [6.07, 6.45) is 2.86. The molecule has 5 nitrogen and oxygen atoms in total. The summed E-state index contributed by atoms with van der Waals surface area (Å²) in [4.78, 5) is 22.8. The highest BCUT2D eigenvalue weighted by Gasteiger charge is 2.16. The molecule has 0 bridgehead atoms. The van der Waals surface area contributed by atoms with Crippen LogP contribution in [-0.2, 0) is 9.53 Å². The van der Waals surface area contributed by atoms with Crippen molar-refractivity contribution in [1.82, 2.24) is 0 Å². The summed E-state index contributed by atoms with van der Waals surface area (Å²) in [5, 5.41) is 0. The molecule has 1 aromatic rings. The van der Waals surface area contributed by atoms with Crippen molar-refractivity contribution in [2.24, 2.45) is 0 Å². The molecule has 0 aliphatic carbocycles. The van der Waals surface area contributed by atoms with Gasteiger partial charge in [-0.05, 0) is 26.0 Å². The second kappa shape index (κ2) is 7.33. The molecule has 5 heteroatoms. The summed E-state index contributed by atoms with van der Waals surface area (Å²) >= 11 is 0. The van der Waals surface area contributed by atoms with E-state index in [1.165, 1.54) is 27.2 Å². The number of esters is 1. The summed E-state index contributed by atoms with van der Waals surface area (Å²) in [5.41, 5.74) is 1.06. The Morgan fingerprint density at radius 1 is 1.15 bits per heavy atom. The van der Waals surface area contributed by atoms with E-state index in [-0.39, 0.29) is 5.78 Å². The lowest BCUT2D eigenvalue weighted by molar-refractivity contribution is -0.137. The molecule has 0 aliphatic rings. The number of hydrogen-bond donors (Lipinski definition) is 0. The van der Waals surface area contributed by atoms with Gasteiger partial charge in [0, 0.05) is 11.6 Å². The number of Topliss-reactive ketones (excluding diaryl/α,β-unsaturated/α-hetero) is 1. The maximum atomic E-state index is 11.5. The summed E-state index contributed by atoms with van der Waals surface area (Å²) < 4.78 is 15.3. The van der Waals surface area contributed by atoms with Gasteiger partial charge >= 0.3 is 5.97 Å². The van der Waals surface area contributed by atoms with Gasteiger partial charge in [0.2, 0.25) is 0 Å². The van der Waals surface area contributed by atoms with Crippen LogP contribution < -0.4 is 9.47 Å². The van der Waals surface area contributed by atoms with E-state index in [4.69, 9.17) is 14.2 Å². The highest BCUT2D eigenvalue weighted by atomic mass is 16.5. The van der Waals surface area contributed by atoms with Crippen molar-refractivity contribution in [3.63, 3.8) is 0 Å². The van der Waals surface area contributed by atoms with Crippen LogP contribution in [0.15, 0.2) is 18.2 Å². The molecule has 0 saturated heterocycles. The van der Waals surface area contributed by atoms with E-state index >= 15 is 0 Å². The van der Waals surface area contributed by atoms with Gasteiger partial charge in [0.05, 0.1) is 26.4 Å². The molecule has 0 unspecified atom stereocenters. The number of rotatable bonds is 6. The van der Waals surface area contributed by atoms with Crippen LogP contribution in [0.3, 0.4) is 0 Å². The van der Waals surface area contributed by atoms with Gasteiger partial charge in [0.1, 0.15) is 0 Å². The predicted molar refractivity (Wildman–Crippen MR) is 75.2 cm³/mol. The zero-order valence-electron chi connectivity index (χ0n) is 12.1. The average molecular weight is 278 g/mol. The van der Waals surface area contributed by atoms with Gasteiger partial charge in [-0.3, -0.25) is 4.79 Å². The van der Waals surface area contributed by atoms with Crippen molar-refractivity contribution >= 4 is 17.8 Å². The molecule has 0 saturated carbocycles. The Morgan fingerprint density at radius 3 is 2.30 bits per heavy atom. The van der Waals surface area contributed by atoms with Crippen molar-refractivity contribution in [3.05, 3.63) is 29.3 Å². The molecular formula is C15H18O5. The topological polar surface area (TPSA) is 61.8 Å². The van der Waals surface area contributed by atoms with Gasteiger partial charge in [-0.15, -0.1) is 0 Å². The SMILES string of the molecule is CCOC(=O)C=Cc1ccc(C(C)=O)c(OC)c1OC. The second-order valence-corrected chi connectivity index (χ2v) is 3.91. The fraction of sp³-hybridized carbons (Fsp3) is 0.333. The normalized spacial score (nSPS) is 10.4. The van der Waals surface area contributed by atoms with E-state index in [2.05, 4.69) is 0 Å². The van der Waals surface area contributed by atoms with Crippen LogP contribution in [0, 0.1) is 0 Å². The highest BCUT2D eigenvalue weighted by Crippen LogP contribution is 2.35. The number of hydrogen-bond acceptors (Lipinski definition) is 5. The Balaban J connectivity index is 3.22. The molecule has 1 aromatic carbocycles. The van der Waals surface area contributed by atoms with Crippen molar-refractivity contribution in [2.45, 2.75) is 13.8 Å². The molecule has 0 aromatic heterocycles. The molecule has 0 aliphatic heterocycles. The molecule has 0 N–H and O–H groups in total. The standard InChI is InChI=1S/C15H18O5/c1-5-20-13(17)9-7-11-6-8-12(10(2)16)15(19-4)14(11)18-3/h6-9H,5H2,1-4H3. The number of ketones is 1. The third kappa shape index (κ3) is 3.60. The molecule has 0 radical (unpaired) electrons. The van der Waals surface area contributed by atoms with Crippen molar-refractivity contribution in [2.75, 3.05) is 20.8 Å². The van der Waals surface area contributed by atoms with Crippen LogP contribution >= 0.6 is 0 Å². The maximum Gasteiger partial charge on any atom is 0.330 e. The minimum atomic E-state index is -0.441. The zero-order valence-corrected chi connectivity index (χ0v) is 12.1. The number of benzene rings is 1. The third-order valence-corrected chi connectivity index (χ3v) is 2.62. The molecule has 20 heavy (non-hydrogen) atoms. The first-order chi connectivity index (χ1) is 9.54. The van der Waals surface area contributed by atoms with Gasteiger partial charge in [0.25, 0.3) is 0 Å². The van der Waals surface area contributed by atoms with E-state index in [1.807, 2.05) is 0 Å². The summed E-state index contributed by atoms with van der Waals surface area (Å²) in [6, 6.07) is 3.32. The first-order valence-corrected chi connectivity index (χ1v) is 6.15. The predicted octanol–water partition coefficient (Wildman–Crippen LogP) is 2.48. The zero-order chi connectivity index (χ0) is 15.1. The molecule has 0 amide bonds. The minimum absolute atomic E-state index is 0.124. The van der Waals surface area contributed by atoms with Crippen LogP contribution in [0.25, 0.3) is 6.08 Å². The van der Waals surface area contributed by atoms with Crippen molar-refractivity contribution in [1.29, 1.82) is 0 Å². The number of methoxy groups -OCH3 is 2. The molecular weight excluding hydrogens is 260 g/mol. The van der Waals surface area contributed by atoms with E-state index in [0.717, 1.165) is 0 Å². The Kier molecular flexibility index (Phi) is 5.77. The Bertz CT molecular complexity index is 531. The van der Waals surface area contributed by atoms with Crippen LogP contribution in [-0.4, -0.2) is 32.6 Å². The number of carbonyl (C=O) groups excluding carboxylic acids is 2. The summed E-state index contributed by atoms with van der Waals surface area (Å²) in [5.74, 6) is 0.192. The van der Waals surface area contributed by atoms with Gasteiger partial charge < -0.3 is 14.2 Å². The molecule has 0 fully saturated rings. The Morgan fingerprint density at radius 2 is 1.80 bits per heavy atom. The van der Waals surface area contributed by atoms with Gasteiger partial charge in [-0.1, -0.05) is 6.07 Å². The largest absolute Gasteiger partial charge is 0.492 e. The third-order valence-electron chi connectivity index (χ3n) is 2.62. The lowest BCUT2D eigenvalue weighted by Gasteiger charge is -2.13. The van der Waals surface area contributed by atoms with E-state index in [1.54, 1.807) is 25.1 Å². The average Bonchev–Trinajstić information content (AvgIpc) is 2.43. The lowest BCUT2D eigenvalue weighted by Crippen LogP contribution is -2.02. The molecule has 108 valence electrons. The van der Waals surface area contributed by atoms with Crippen LogP contribution in [0.4, 0.5) is 0 Å². The van der Waals surface area contributed by atoms with Gasteiger partial charge in [-0.25, -0.2) is 4.79 Å². The minimum Gasteiger partial charge on any atom is -0.492 e. The molecule has 0 atom stereocenters. The molecule has 0 heterocycles. The smallest absolute Gasteiger partial charge is 0.330 e. The molecule has 0 spiro atoms. The number of ether oxygens (including phenoxy) is 3. The Hall–Kier alpha value is -2.30. The fourth-order valence-electron chi connectivity index (χ4n) is 1.75. The summed E-state index contributed by atoms with van der Waals surface area (Å²) in [7, 11) is 2.94. The monoisotopic (exact) mass is 278 g/mol. The summed E-state index contributed by atoms with van der Waals surface area (Å²) in [6.45, 7) is 3.50. The fourth-order valence-corrected chi connectivity index (χ4v) is 1.75. The quantitative estimate of drug-likeness (QED) is 0.454. The highest BCUT2D eigenvalue weighted by molar-refractivity contribution is 5.98. The second-order valence-electron chi connectivity index (χ2n) is 3.91. The van der Waals surface area contributed by atoms with Crippen molar-refractivity contribution < 1.29 is 23.8 Å². The van der Waals surface area contributed by atoms with Gasteiger partial charge in [0.15, 0.2) is 17.3 Å². The Labute approximate surface area is 118 Å².